The van der Waals surface area contributed by atoms with Gasteiger partial charge in [0, 0.05) is 218 Å². The Morgan fingerprint density at radius 1 is 0.462 bits per heavy atom. The molecule has 13 aliphatic heterocycles. The van der Waals surface area contributed by atoms with Crippen LogP contribution in [0.4, 0.5) is 8.78 Å². The van der Waals surface area contributed by atoms with Crippen molar-refractivity contribution < 1.29 is 37.6 Å². The number of piperidine rings is 3. The largest absolute Gasteiger partial charge is 0.396 e. The first-order chi connectivity index (χ1) is 69.6. The fourth-order valence-corrected chi connectivity index (χ4v) is 14.1. The van der Waals surface area contributed by atoms with Gasteiger partial charge in [-0.15, -0.1) is 0 Å². The van der Waals surface area contributed by atoms with E-state index in [0.29, 0.717) is 93.3 Å². The summed E-state index contributed by atoms with van der Waals surface area (Å²) < 4.78 is 48.9. The number of nitrogens with one attached hydrogen (secondary N) is 7. The summed E-state index contributed by atoms with van der Waals surface area (Å²) in [7, 11) is 10.0. The molecule has 0 aromatic carbocycles. The number of alkyl halides is 2. The number of methoxy groups -OCH3 is 1. The fraction of sp³-hybridized carbons (Fsp3) is 0.962. The second-order valence-corrected chi connectivity index (χ2v) is 42.2. The van der Waals surface area contributed by atoms with Crippen molar-refractivity contribution in [2.75, 3.05) is 324 Å². The molecule has 37 nitrogen and oxygen atoms in total. The van der Waals surface area contributed by atoms with E-state index >= 15 is 0 Å². The lowest BCUT2D eigenvalue weighted by atomic mass is 9.89. The molecule has 872 valence electrons. The van der Waals surface area contributed by atoms with Gasteiger partial charge in [0.2, 0.25) is 0 Å². The number of aromatic nitrogens is 2. The first-order valence-corrected chi connectivity index (χ1v) is 56.9. The van der Waals surface area contributed by atoms with Gasteiger partial charge in [-0.1, -0.05) is 40.5 Å². The van der Waals surface area contributed by atoms with Crippen LogP contribution in [0.3, 0.4) is 0 Å². The first-order valence-electron chi connectivity index (χ1n) is 56.9. The van der Waals surface area contributed by atoms with E-state index in [0.717, 1.165) is 244 Å². The van der Waals surface area contributed by atoms with Crippen LogP contribution in [0, 0.1) is 36.0 Å². The summed E-state index contributed by atoms with van der Waals surface area (Å²) in [6.07, 6.45) is 35.6. The predicted octanol–water partition coefficient (Wildman–Crippen LogP) is 2.87. The van der Waals surface area contributed by atoms with Gasteiger partial charge >= 0.3 is 0 Å². The van der Waals surface area contributed by atoms with E-state index in [-0.39, 0.29) is 6.61 Å². The standard InChI is InChI=1S/C7H15N.C6H13FN2.C6H9N3.C6H14N2O.3C6H14N2.C5H12N2.2C5H11NO.4C5H11N.C4H8FN.C4H12N2.C4H11NO.C4H9N.C3H7NO.C3H9NO.C3H7N.C3H9N/c1-6-4-3-5-7(2)8-6;7-6-1-3-9(5-6)4-2-8;1-5-3-9-6(2-7)4-8-5;7-1-2-8-3-5-9-6-4-8;1-8-4-2-6(7)3-5-8;1-8-5-2-3-7-4-6-8;7-3-6-8-4-1-2-5-8;1-2-6-4-5-7-3-1;1-5(2-6)3-7-4-5;6-5-1-3-7-4-2-5;1-5-2-3-6-4-5;2*1-4(6)5-2-3-5;1-2-4-6-5-3-1;5-4-1-2-6-3-4;1-6(2)4-3-5;1-6-4-2-3-5;5-3-4-1-2-4;4-3-1-5-2-3;4-2-1-3-5;4-3-1-2-3;1-3(2)4/h6-8H,3-5H2,1-2H3;6H,1-5,8H2;3-4H,2,7H2,1H3;1-7H2;6H,2-5,7H2,1H3;7H,2-6H2,1H3;1-7H2;6-7H,1-5H2;2-4,6H2,1H3;5H,1-4,6H2;5-6H,2-4H2,1H3;2*4-5H,2-3,6H2,1H3;6H,1-5H2;4,6H,1-3H2;3-5H2,1-2H3;2-5H2,1H3;4H,1-3,5H2;3H,1-2,4H2;5H,1-4H2;3H,1-2,4H2;3H,4H2,1-2H3/t;6-;;;;;;;;;5-;2*4-;;4-;;;;;;;/m.0........010.0......./s1. The summed E-state index contributed by atoms with van der Waals surface area (Å²) in [6.45, 7) is 61.4. The lowest BCUT2D eigenvalue weighted by molar-refractivity contribution is -0.0947. The number of likely N-dealkylation sites (tertiary alicyclic amines) is 3. The van der Waals surface area contributed by atoms with E-state index in [1.54, 1.807) is 19.5 Å². The molecule has 4 saturated carbocycles. The van der Waals surface area contributed by atoms with E-state index in [1.165, 1.54) is 220 Å². The molecule has 1 aromatic rings. The first kappa shape index (κ1) is 149. The summed E-state index contributed by atoms with van der Waals surface area (Å²) in [5.74, 6) is 3.61. The number of hydrogen-bond acceptors (Lipinski definition) is 37. The Hall–Kier alpha value is -2.46. The van der Waals surface area contributed by atoms with Gasteiger partial charge in [-0.3, -0.25) is 19.8 Å². The lowest BCUT2D eigenvalue weighted by Gasteiger charge is -2.36. The molecule has 1 aromatic heterocycles. The summed E-state index contributed by atoms with van der Waals surface area (Å²) in [5, 5.41) is 30.8. The summed E-state index contributed by atoms with van der Waals surface area (Å²) >= 11 is 0. The van der Waals surface area contributed by atoms with E-state index in [1.807, 2.05) is 34.9 Å². The van der Waals surface area contributed by atoms with Crippen LogP contribution in [-0.2, 0) is 30.2 Å². The van der Waals surface area contributed by atoms with Crippen molar-refractivity contribution in [2.24, 2.45) is 121 Å². The zero-order valence-electron chi connectivity index (χ0n) is 95.8. The van der Waals surface area contributed by atoms with Gasteiger partial charge in [-0.05, 0) is 358 Å². The van der Waals surface area contributed by atoms with Gasteiger partial charge in [-0.25, -0.2) is 8.78 Å². The second-order valence-electron chi connectivity index (χ2n) is 42.2. The van der Waals surface area contributed by atoms with Gasteiger partial charge in [0.25, 0.3) is 0 Å². The van der Waals surface area contributed by atoms with Crippen LogP contribution in [0.25, 0.3) is 0 Å². The number of likely N-dealkylation sites (N-methyl/N-ethyl adjacent to an activating group) is 2. The van der Waals surface area contributed by atoms with Crippen molar-refractivity contribution in [2.45, 2.75) is 309 Å². The molecule has 145 heavy (non-hydrogen) atoms. The van der Waals surface area contributed by atoms with Crippen LogP contribution in [0.1, 0.15) is 240 Å². The van der Waals surface area contributed by atoms with Gasteiger partial charge in [-0.2, -0.15) is 0 Å². The SMILES string of the molecule is C1CCNCC1.C1CNCCNC1.CC(C)N.CC1(CN)COC1.CC1CCCC(C)N1.CN(C)CCN.CN1CCC(N)CC1.CN1CCCNCC1.COCCCN.C[C@@H](N)C1CC1.C[C@H](N)C1CC1.C[C@H]1CCNC1.Cc1cnc(CN)cn1.F[C@H]1CCNC1.NC1CC1.NC1CCOCC1.NC1COC1.NCC1CC1.NCCCO.NCCN1CCCC1.NCCN1CCOCC1.NCCN1CC[C@H](F)C1. The molecule has 39 heteroatoms. The summed E-state index contributed by atoms with van der Waals surface area (Å²) in [5.41, 5.74) is 87.1. The van der Waals surface area contributed by atoms with Crippen LogP contribution >= 0.6 is 0 Å². The molecule has 0 bridgehead atoms. The van der Waals surface area contributed by atoms with Crippen molar-refractivity contribution in [1.82, 2.24) is 76.6 Å². The maximum Gasteiger partial charge on any atom is 0.114 e. The quantitative estimate of drug-likeness (QED) is 0.0940. The molecule has 7 atom stereocenters. The van der Waals surface area contributed by atoms with E-state index < -0.39 is 12.3 Å². The normalized spacial score (nSPS) is 23.5. The van der Waals surface area contributed by atoms with Gasteiger partial charge < -0.3 is 177 Å². The average Bonchev–Trinajstić information content (AvgIpc) is 1.50. The van der Waals surface area contributed by atoms with Crippen LogP contribution < -0.4 is 129 Å². The van der Waals surface area contributed by atoms with Crippen molar-refractivity contribution in [3.05, 3.63) is 23.8 Å². The molecule has 0 amide bonds. The molecule has 2 unspecified atom stereocenters. The topological polar surface area (TPSA) is 612 Å². The number of aryl methyl sites for hydroxylation is 1. The fourth-order valence-electron chi connectivity index (χ4n) is 14.1. The number of aliphatic hydroxyl groups is 1. The maximum atomic E-state index is 12.4. The molecule has 14 heterocycles. The lowest BCUT2D eigenvalue weighted by Crippen LogP contribution is -2.45. The number of hydrogen-bond donors (Lipinski definition) is 24. The molecule has 17 aliphatic rings. The molecule has 0 radical (unpaired) electrons. The molecule has 0 spiro atoms. The third-order valence-corrected chi connectivity index (χ3v) is 25.0. The Morgan fingerprint density at radius 2 is 0.938 bits per heavy atom. The van der Waals surface area contributed by atoms with E-state index in [4.69, 9.17) is 121 Å². The number of morpholine rings is 1. The Balaban J connectivity index is -0.000000720. The second kappa shape index (κ2) is 108. The minimum atomic E-state index is -0.600. The highest BCUT2D eigenvalue weighted by Gasteiger charge is 2.31. The molecule has 40 N–H and O–H groups in total. The Kier molecular flexibility index (Phi) is 111. The summed E-state index contributed by atoms with van der Waals surface area (Å²) in [4.78, 5) is 21.6. The number of nitrogens with two attached hydrogens (primary N) is 16. The Bertz CT molecular complexity index is 2540. The van der Waals surface area contributed by atoms with Crippen molar-refractivity contribution in [3.8, 4) is 0 Å². The zero-order valence-corrected chi connectivity index (χ0v) is 95.8. The van der Waals surface area contributed by atoms with Crippen molar-refractivity contribution in [1.29, 1.82) is 0 Å². The van der Waals surface area contributed by atoms with Crippen LogP contribution in [0.15, 0.2) is 12.4 Å². The number of ether oxygens (including phenoxy) is 5. The molecule has 4 aliphatic carbocycles. The molecule has 13 saturated heterocycles. The van der Waals surface area contributed by atoms with Crippen molar-refractivity contribution in [3.63, 3.8) is 0 Å². The summed E-state index contributed by atoms with van der Waals surface area (Å²) in [6, 6.07) is 4.60. The van der Waals surface area contributed by atoms with Crippen LogP contribution in [0.2, 0.25) is 0 Å². The number of aliphatic hydroxyl groups excluding tert-OH is 1. The smallest absolute Gasteiger partial charge is 0.114 e. The Morgan fingerprint density at radius 3 is 1.20 bits per heavy atom. The molecule has 17 fully saturated rings. The van der Waals surface area contributed by atoms with Crippen molar-refractivity contribution >= 4 is 0 Å². The highest BCUT2D eigenvalue weighted by molar-refractivity contribution is 4.99. The minimum absolute atomic E-state index is 0.219. The average molecular weight is 2090 g/mol. The monoisotopic (exact) mass is 2080 g/mol. The third-order valence-electron chi connectivity index (χ3n) is 25.0. The van der Waals surface area contributed by atoms with Crippen LogP contribution in [0.5, 0.6) is 0 Å². The third kappa shape index (κ3) is 117. The van der Waals surface area contributed by atoms with Gasteiger partial charge in [0.1, 0.15) is 12.3 Å². The molecule has 18 rings (SSSR count). The molecular formula is C106H243F2N31O6. The van der Waals surface area contributed by atoms with E-state index in [2.05, 4.69) is 132 Å². The number of rotatable bonds is 18. The van der Waals surface area contributed by atoms with Gasteiger partial charge in [0.05, 0.1) is 57.1 Å². The maximum absolute atomic E-state index is 12.4. The highest BCUT2D eigenvalue weighted by atomic mass is 19.1. The number of nitrogens with zero attached hydrogens (tertiary/aromatic N) is 8. The van der Waals surface area contributed by atoms with Crippen LogP contribution in [-0.4, -0.2) is 435 Å². The van der Waals surface area contributed by atoms with E-state index in [9.17, 15) is 8.78 Å². The Labute approximate surface area is 887 Å². The highest BCUT2D eigenvalue weighted by Crippen LogP contribution is 2.32. The van der Waals surface area contributed by atoms with Gasteiger partial charge in [0.15, 0.2) is 0 Å². The molecular weight excluding hydrogens is 1840 g/mol. The zero-order chi connectivity index (χ0) is 109. The predicted molar refractivity (Wildman–Crippen MR) is 612 cm³/mol. The minimum Gasteiger partial charge on any atom is -0.396 e. The number of halogens is 2.